The highest BCUT2D eigenvalue weighted by Crippen LogP contribution is 2.28. The van der Waals surface area contributed by atoms with Gasteiger partial charge in [0.1, 0.15) is 23.1 Å². The minimum absolute atomic E-state index is 0.460. The quantitative estimate of drug-likeness (QED) is 0.906. The number of hydrogen-bond acceptors (Lipinski definition) is 5. The van der Waals surface area contributed by atoms with Gasteiger partial charge < -0.3 is 15.2 Å². The Hall–Kier alpha value is -2.30. The topological polar surface area (TPSA) is 70.3 Å². The normalized spacial score (nSPS) is 10.3. The maximum atomic E-state index is 5.91. The van der Waals surface area contributed by atoms with Crippen LogP contribution in [0.25, 0.3) is 0 Å². The van der Waals surface area contributed by atoms with Gasteiger partial charge in [0.05, 0.1) is 12.7 Å². The maximum absolute atomic E-state index is 5.91. The van der Waals surface area contributed by atoms with Crippen LogP contribution in [0.5, 0.6) is 17.4 Å². The minimum Gasteiger partial charge on any atom is -0.497 e. The van der Waals surface area contributed by atoms with E-state index in [2.05, 4.69) is 16.9 Å². The van der Waals surface area contributed by atoms with Crippen molar-refractivity contribution in [1.29, 1.82) is 0 Å². The highest BCUT2D eigenvalue weighted by atomic mass is 16.5. The van der Waals surface area contributed by atoms with Gasteiger partial charge in [-0.3, -0.25) is 0 Å². The molecule has 0 saturated heterocycles. The van der Waals surface area contributed by atoms with Crippen LogP contribution in [0.3, 0.4) is 0 Å². The molecule has 0 saturated carbocycles. The summed E-state index contributed by atoms with van der Waals surface area (Å²) in [6.07, 6.45) is 1.74. The Kier molecular flexibility index (Phi) is 4.40. The molecule has 0 atom stereocenters. The summed E-state index contributed by atoms with van der Waals surface area (Å²) in [5.41, 5.74) is 6.65. The number of anilines is 1. The first kappa shape index (κ1) is 14.1. The number of rotatable bonds is 5. The zero-order chi connectivity index (χ0) is 14.5. The van der Waals surface area contributed by atoms with Crippen molar-refractivity contribution >= 4 is 5.82 Å². The zero-order valence-electron chi connectivity index (χ0n) is 12.0. The second-order valence-corrected chi connectivity index (χ2v) is 4.49. The summed E-state index contributed by atoms with van der Waals surface area (Å²) in [7, 11) is 1.62. The molecular formula is C15H19N3O2. The van der Waals surface area contributed by atoms with E-state index in [1.54, 1.807) is 13.2 Å². The summed E-state index contributed by atoms with van der Waals surface area (Å²) in [5, 5.41) is 0. The van der Waals surface area contributed by atoms with Crippen LogP contribution in [0, 0.1) is 6.92 Å². The van der Waals surface area contributed by atoms with Crippen LogP contribution in [-0.2, 0) is 6.42 Å². The number of hydrogen-bond donors (Lipinski definition) is 1. The second kappa shape index (κ2) is 6.23. The van der Waals surface area contributed by atoms with Crippen LogP contribution < -0.4 is 15.2 Å². The van der Waals surface area contributed by atoms with Gasteiger partial charge in [-0.1, -0.05) is 13.0 Å². The van der Waals surface area contributed by atoms with E-state index in [0.29, 0.717) is 23.3 Å². The fourth-order valence-corrected chi connectivity index (χ4v) is 1.77. The van der Waals surface area contributed by atoms with Gasteiger partial charge in [0, 0.05) is 12.5 Å². The van der Waals surface area contributed by atoms with Gasteiger partial charge in [-0.15, -0.1) is 0 Å². The Balaban J connectivity index is 2.31. The maximum Gasteiger partial charge on any atom is 0.227 e. The van der Waals surface area contributed by atoms with E-state index < -0.39 is 0 Å². The number of aromatic nitrogens is 2. The van der Waals surface area contributed by atoms with E-state index in [1.165, 1.54) is 0 Å². The Bertz CT molecular complexity index is 600. The molecule has 1 aromatic heterocycles. The van der Waals surface area contributed by atoms with Gasteiger partial charge in [0.25, 0.3) is 0 Å². The Morgan fingerprint density at radius 1 is 1.20 bits per heavy atom. The molecule has 106 valence electrons. The molecule has 20 heavy (non-hydrogen) atoms. The van der Waals surface area contributed by atoms with Crippen molar-refractivity contribution in [3.05, 3.63) is 35.7 Å². The third kappa shape index (κ3) is 3.17. The molecular weight excluding hydrogens is 254 g/mol. The van der Waals surface area contributed by atoms with Crippen molar-refractivity contribution in [2.75, 3.05) is 12.8 Å². The number of benzene rings is 1. The molecule has 0 bridgehead atoms. The molecule has 0 unspecified atom stereocenters. The lowest BCUT2D eigenvalue weighted by Crippen LogP contribution is -2.05. The number of nitrogens with zero attached hydrogens (tertiary/aromatic N) is 2. The molecule has 0 amide bonds. The molecule has 0 aliphatic heterocycles. The largest absolute Gasteiger partial charge is 0.497 e. The van der Waals surface area contributed by atoms with Crippen LogP contribution in [0.4, 0.5) is 5.82 Å². The molecule has 0 radical (unpaired) electrons. The molecule has 1 heterocycles. The Labute approximate surface area is 118 Å². The molecule has 2 aromatic rings. The van der Waals surface area contributed by atoms with Crippen molar-refractivity contribution in [3.63, 3.8) is 0 Å². The smallest absolute Gasteiger partial charge is 0.227 e. The highest BCUT2D eigenvalue weighted by molar-refractivity contribution is 5.46. The van der Waals surface area contributed by atoms with Gasteiger partial charge in [-0.05, 0) is 25.5 Å². The van der Waals surface area contributed by atoms with Gasteiger partial charge in [0.15, 0.2) is 0 Å². The summed E-state index contributed by atoms with van der Waals surface area (Å²) in [6.45, 7) is 3.92. The lowest BCUT2D eigenvalue weighted by molar-refractivity contribution is 0.406. The SMILES string of the molecule is CCCc1nc(N)c(C)c(Oc2cccc(OC)c2)n1. The van der Waals surface area contributed by atoms with Crippen molar-refractivity contribution in [3.8, 4) is 17.4 Å². The van der Waals surface area contributed by atoms with Crippen LogP contribution in [0.1, 0.15) is 24.7 Å². The summed E-state index contributed by atoms with van der Waals surface area (Å²) in [4.78, 5) is 8.68. The molecule has 0 aliphatic rings. The zero-order valence-corrected chi connectivity index (χ0v) is 12.0. The third-order valence-corrected chi connectivity index (χ3v) is 2.91. The van der Waals surface area contributed by atoms with Crippen LogP contribution in [0.15, 0.2) is 24.3 Å². The molecule has 2 N–H and O–H groups in total. The molecule has 0 fully saturated rings. The van der Waals surface area contributed by atoms with E-state index in [0.717, 1.165) is 24.2 Å². The summed E-state index contributed by atoms with van der Waals surface area (Å²) < 4.78 is 11.0. The average Bonchev–Trinajstić information content (AvgIpc) is 2.45. The monoisotopic (exact) mass is 273 g/mol. The van der Waals surface area contributed by atoms with Gasteiger partial charge >= 0.3 is 0 Å². The van der Waals surface area contributed by atoms with Gasteiger partial charge in [-0.2, -0.15) is 4.98 Å². The van der Waals surface area contributed by atoms with Crippen molar-refractivity contribution < 1.29 is 9.47 Å². The van der Waals surface area contributed by atoms with Crippen molar-refractivity contribution in [2.24, 2.45) is 0 Å². The highest BCUT2D eigenvalue weighted by Gasteiger charge is 2.11. The van der Waals surface area contributed by atoms with E-state index in [1.807, 2.05) is 25.1 Å². The van der Waals surface area contributed by atoms with E-state index in [4.69, 9.17) is 15.2 Å². The second-order valence-electron chi connectivity index (χ2n) is 4.49. The summed E-state index contributed by atoms with van der Waals surface area (Å²) in [5.74, 6) is 3.05. The molecule has 0 spiro atoms. The molecule has 5 heteroatoms. The summed E-state index contributed by atoms with van der Waals surface area (Å²) >= 11 is 0. The number of methoxy groups -OCH3 is 1. The van der Waals surface area contributed by atoms with Crippen LogP contribution >= 0.6 is 0 Å². The lowest BCUT2D eigenvalue weighted by Gasteiger charge is -2.11. The third-order valence-electron chi connectivity index (χ3n) is 2.91. The molecule has 2 rings (SSSR count). The van der Waals surface area contributed by atoms with E-state index in [-0.39, 0.29) is 0 Å². The number of nitrogens with two attached hydrogens (primary N) is 1. The predicted octanol–water partition coefficient (Wildman–Crippen LogP) is 3.12. The Morgan fingerprint density at radius 2 is 1.95 bits per heavy atom. The van der Waals surface area contributed by atoms with Crippen molar-refractivity contribution in [1.82, 2.24) is 9.97 Å². The first-order valence-electron chi connectivity index (χ1n) is 6.59. The fourth-order valence-electron chi connectivity index (χ4n) is 1.77. The van der Waals surface area contributed by atoms with Crippen molar-refractivity contribution in [2.45, 2.75) is 26.7 Å². The number of aryl methyl sites for hydroxylation is 1. The van der Waals surface area contributed by atoms with Gasteiger partial charge in [0.2, 0.25) is 5.88 Å². The van der Waals surface area contributed by atoms with Crippen LogP contribution in [0.2, 0.25) is 0 Å². The molecule has 1 aromatic carbocycles. The van der Waals surface area contributed by atoms with E-state index >= 15 is 0 Å². The Morgan fingerprint density at radius 3 is 2.65 bits per heavy atom. The number of nitrogen functional groups attached to an aromatic ring is 1. The summed E-state index contributed by atoms with van der Waals surface area (Å²) in [6, 6.07) is 7.37. The first-order chi connectivity index (χ1) is 9.63. The average molecular weight is 273 g/mol. The van der Waals surface area contributed by atoms with E-state index in [9.17, 15) is 0 Å². The minimum atomic E-state index is 0.460. The molecule has 5 nitrogen and oxygen atoms in total. The predicted molar refractivity (Wildman–Crippen MR) is 78.2 cm³/mol. The lowest BCUT2D eigenvalue weighted by atomic mass is 10.3. The standard InChI is InChI=1S/C15H19N3O2/c1-4-6-13-17-14(16)10(2)15(18-13)20-12-8-5-7-11(9-12)19-3/h5,7-9H,4,6H2,1-3H3,(H2,16,17,18). The number of ether oxygens (including phenoxy) is 2. The fraction of sp³-hybridized carbons (Fsp3) is 0.333. The van der Waals surface area contributed by atoms with Crippen LogP contribution in [-0.4, -0.2) is 17.1 Å². The van der Waals surface area contributed by atoms with Gasteiger partial charge in [-0.25, -0.2) is 4.98 Å². The molecule has 0 aliphatic carbocycles. The first-order valence-corrected chi connectivity index (χ1v) is 6.59.